The summed E-state index contributed by atoms with van der Waals surface area (Å²) < 4.78 is 8.24. The number of thiophene rings is 1. The zero-order valence-electron chi connectivity index (χ0n) is 17.9. The van der Waals surface area contributed by atoms with E-state index in [1.54, 1.807) is 29.6 Å². The van der Waals surface area contributed by atoms with Crippen molar-refractivity contribution in [1.29, 1.82) is 0 Å². The smallest absolute Gasteiger partial charge is 0.283 e. The van der Waals surface area contributed by atoms with Gasteiger partial charge in [0, 0.05) is 28.6 Å². The van der Waals surface area contributed by atoms with Crippen molar-refractivity contribution in [2.75, 3.05) is 5.32 Å². The first kappa shape index (κ1) is 23.0. The summed E-state index contributed by atoms with van der Waals surface area (Å²) in [7, 11) is 0. The highest BCUT2D eigenvalue weighted by atomic mass is 35.5. The number of anilines is 1. The SMILES string of the molecule is O=C(Cn1c(-c2cc(NCc3ccc(Cl)s3)n(C(=O)c3ccoc3)n2)cccc1=O)c1nccs1. The average molecular weight is 526 g/mol. The molecule has 0 saturated carbocycles. The van der Waals surface area contributed by atoms with Crippen molar-refractivity contribution in [3.63, 3.8) is 0 Å². The number of hydrogen-bond acceptors (Lipinski definition) is 9. The minimum atomic E-state index is -0.416. The number of halogens is 1. The first-order valence-corrected chi connectivity index (χ1v) is 12.3. The number of nitrogens with one attached hydrogen (secondary N) is 1. The highest BCUT2D eigenvalue weighted by Crippen LogP contribution is 2.26. The maximum atomic E-state index is 13.1. The van der Waals surface area contributed by atoms with Crippen LogP contribution in [0.1, 0.15) is 25.0 Å². The van der Waals surface area contributed by atoms with Crippen LogP contribution in [0.5, 0.6) is 0 Å². The van der Waals surface area contributed by atoms with Gasteiger partial charge >= 0.3 is 0 Å². The van der Waals surface area contributed by atoms with Crippen LogP contribution in [0.4, 0.5) is 5.82 Å². The number of aromatic nitrogens is 4. The average Bonchev–Trinajstić information content (AvgIpc) is 3.66. The molecule has 0 aliphatic carbocycles. The van der Waals surface area contributed by atoms with Crippen molar-refractivity contribution in [2.45, 2.75) is 13.1 Å². The summed E-state index contributed by atoms with van der Waals surface area (Å²) in [5, 5.41) is 9.70. The Balaban J connectivity index is 1.53. The largest absolute Gasteiger partial charge is 0.472 e. The minimum Gasteiger partial charge on any atom is -0.472 e. The molecule has 0 saturated heterocycles. The molecule has 0 aromatic carbocycles. The minimum absolute atomic E-state index is 0.207. The molecular formula is C23H16ClN5O4S2. The maximum Gasteiger partial charge on any atom is 0.283 e. The van der Waals surface area contributed by atoms with Gasteiger partial charge in [-0.15, -0.1) is 22.7 Å². The second-order valence-electron chi connectivity index (χ2n) is 7.30. The Kier molecular flexibility index (Phi) is 6.45. The zero-order valence-corrected chi connectivity index (χ0v) is 20.3. The second kappa shape index (κ2) is 9.82. The van der Waals surface area contributed by atoms with Gasteiger partial charge in [-0.25, -0.2) is 4.98 Å². The van der Waals surface area contributed by atoms with Crippen molar-refractivity contribution < 1.29 is 14.0 Å². The molecule has 0 spiro atoms. The second-order valence-corrected chi connectivity index (χ2v) is 9.99. The van der Waals surface area contributed by atoms with Gasteiger partial charge in [0.2, 0.25) is 5.78 Å². The van der Waals surface area contributed by atoms with Crippen LogP contribution in [0.15, 0.2) is 75.8 Å². The standard InChI is InChI=1S/C23H16ClN5O4S2/c24-19-5-4-15(35-19)11-26-20-10-16(27-29(20)23(32)14-6-8-33-13-14)17-2-1-3-21(31)28(17)12-18(30)22-25-7-9-34-22/h1-10,13,26H,11-12H2. The molecule has 5 aromatic heterocycles. The van der Waals surface area contributed by atoms with Gasteiger partial charge in [0.05, 0.1) is 34.9 Å². The molecule has 0 amide bonds. The number of carbonyl (C=O) groups is 2. The van der Waals surface area contributed by atoms with E-state index in [0.717, 1.165) is 4.88 Å². The molecule has 0 aliphatic heterocycles. The van der Waals surface area contributed by atoms with E-state index in [9.17, 15) is 14.4 Å². The van der Waals surface area contributed by atoms with Crippen LogP contribution in [-0.4, -0.2) is 31.0 Å². The fourth-order valence-electron chi connectivity index (χ4n) is 3.40. The number of furan rings is 1. The van der Waals surface area contributed by atoms with Gasteiger partial charge in [-0.05, 0) is 24.3 Å². The van der Waals surface area contributed by atoms with Crippen molar-refractivity contribution in [1.82, 2.24) is 19.3 Å². The third-order valence-corrected chi connectivity index (χ3v) is 7.07. The Morgan fingerprint density at radius 2 is 2.06 bits per heavy atom. The van der Waals surface area contributed by atoms with Gasteiger partial charge in [-0.2, -0.15) is 9.78 Å². The van der Waals surface area contributed by atoms with Crippen molar-refractivity contribution >= 4 is 51.8 Å². The van der Waals surface area contributed by atoms with Gasteiger partial charge in [-0.1, -0.05) is 17.7 Å². The van der Waals surface area contributed by atoms with Crippen LogP contribution < -0.4 is 10.9 Å². The monoisotopic (exact) mass is 525 g/mol. The van der Waals surface area contributed by atoms with Gasteiger partial charge in [-0.3, -0.25) is 19.0 Å². The molecule has 5 heterocycles. The summed E-state index contributed by atoms with van der Waals surface area (Å²) in [6.07, 6.45) is 4.27. The van der Waals surface area contributed by atoms with E-state index in [2.05, 4.69) is 15.4 Å². The van der Waals surface area contributed by atoms with Gasteiger partial charge < -0.3 is 9.73 Å². The predicted octanol–water partition coefficient (Wildman–Crippen LogP) is 4.66. The summed E-state index contributed by atoms with van der Waals surface area (Å²) in [6, 6.07) is 11.5. The number of hydrogen-bond donors (Lipinski definition) is 1. The third kappa shape index (κ3) is 4.87. The third-order valence-electron chi connectivity index (χ3n) is 5.03. The molecule has 9 nitrogen and oxygen atoms in total. The normalized spacial score (nSPS) is 11.0. The van der Waals surface area contributed by atoms with Crippen molar-refractivity contribution in [2.24, 2.45) is 0 Å². The van der Waals surface area contributed by atoms with Crippen LogP contribution >= 0.6 is 34.3 Å². The lowest BCUT2D eigenvalue weighted by Gasteiger charge is -2.09. The van der Waals surface area contributed by atoms with E-state index in [0.29, 0.717) is 38.7 Å². The summed E-state index contributed by atoms with van der Waals surface area (Å²) >= 11 is 8.65. The molecule has 0 unspecified atom stereocenters. The summed E-state index contributed by atoms with van der Waals surface area (Å²) in [5.74, 6) is -0.304. The summed E-state index contributed by atoms with van der Waals surface area (Å²) in [6.45, 7) is 0.201. The zero-order chi connectivity index (χ0) is 24.4. The first-order valence-electron chi connectivity index (χ1n) is 10.3. The summed E-state index contributed by atoms with van der Waals surface area (Å²) in [5.41, 5.74) is 0.679. The lowest BCUT2D eigenvalue weighted by Crippen LogP contribution is -2.25. The molecule has 0 aliphatic rings. The van der Waals surface area contributed by atoms with Gasteiger partial charge in [0.15, 0.2) is 5.01 Å². The molecular weight excluding hydrogens is 510 g/mol. The number of carbonyl (C=O) groups excluding carboxylic acids is 2. The van der Waals surface area contributed by atoms with E-state index in [4.69, 9.17) is 16.0 Å². The maximum absolute atomic E-state index is 13.1. The Morgan fingerprint density at radius 1 is 1.17 bits per heavy atom. The number of rotatable bonds is 8. The van der Waals surface area contributed by atoms with E-state index in [1.807, 2.05) is 6.07 Å². The van der Waals surface area contributed by atoms with Crippen LogP contribution in [-0.2, 0) is 13.1 Å². The van der Waals surface area contributed by atoms with Crippen LogP contribution in [0.3, 0.4) is 0 Å². The van der Waals surface area contributed by atoms with Crippen LogP contribution in [0.25, 0.3) is 11.4 Å². The molecule has 1 N–H and O–H groups in total. The van der Waals surface area contributed by atoms with Crippen molar-refractivity contribution in [3.05, 3.63) is 96.7 Å². The van der Waals surface area contributed by atoms with E-state index < -0.39 is 5.91 Å². The predicted molar refractivity (Wildman–Crippen MR) is 133 cm³/mol. The lowest BCUT2D eigenvalue weighted by molar-refractivity contribution is 0.0944. The highest BCUT2D eigenvalue weighted by molar-refractivity contribution is 7.16. The number of pyridine rings is 1. The van der Waals surface area contributed by atoms with Gasteiger partial charge in [0.25, 0.3) is 11.5 Å². The Morgan fingerprint density at radius 3 is 2.77 bits per heavy atom. The molecule has 12 heteroatoms. The van der Waals surface area contributed by atoms with Crippen LogP contribution in [0.2, 0.25) is 4.34 Å². The molecule has 0 bridgehead atoms. The molecule has 0 atom stereocenters. The number of Topliss-reactive ketones (excluding diaryl/α,β-unsaturated/α-hetero) is 1. The molecule has 0 fully saturated rings. The molecule has 176 valence electrons. The molecule has 35 heavy (non-hydrogen) atoms. The van der Waals surface area contributed by atoms with E-state index in [1.165, 1.54) is 62.8 Å². The Labute approximate surface area is 211 Å². The highest BCUT2D eigenvalue weighted by Gasteiger charge is 2.21. The first-order chi connectivity index (χ1) is 17.0. The van der Waals surface area contributed by atoms with E-state index >= 15 is 0 Å². The Bertz CT molecular complexity index is 1550. The fraction of sp³-hybridized carbons (Fsp3) is 0.0870. The number of ketones is 1. The molecule has 5 aromatic rings. The van der Waals surface area contributed by atoms with E-state index in [-0.39, 0.29) is 17.9 Å². The quantitative estimate of drug-likeness (QED) is 0.293. The van der Waals surface area contributed by atoms with Crippen molar-refractivity contribution in [3.8, 4) is 11.4 Å². The number of nitrogens with zero attached hydrogens (tertiary/aromatic N) is 4. The molecule has 5 rings (SSSR count). The van der Waals surface area contributed by atoms with Crippen LogP contribution in [0, 0.1) is 0 Å². The lowest BCUT2D eigenvalue weighted by atomic mass is 10.2. The number of thiazole rings is 1. The Hall–Kier alpha value is -3.80. The van der Waals surface area contributed by atoms with Gasteiger partial charge in [0.1, 0.15) is 17.8 Å². The topological polar surface area (TPSA) is 112 Å². The fourth-order valence-corrected chi connectivity index (χ4v) is 4.99. The summed E-state index contributed by atoms with van der Waals surface area (Å²) in [4.78, 5) is 43.5. The molecule has 0 radical (unpaired) electrons.